The lowest BCUT2D eigenvalue weighted by Gasteiger charge is -2.16. The summed E-state index contributed by atoms with van der Waals surface area (Å²) in [6, 6.07) is 3.81. The van der Waals surface area contributed by atoms with Crippen molar-refractivity contribution in [2.75, 3.05) is 13.2 Å². The molecule has 0 fully saturated rings. The zero-order chi connectivity index (χ0) is 20.5. The molecular weight excluding hydrogens is 364 g/mol. The van der Waals surface area contributed by atoms with Crippen LogP contribution in [0.2, 0.25) is 0 Å². The maximum absolute atomic E-state index is 12.2. The van der Waals surface area contributed by atoms with Gasteiger partial charge in [-0.05, 0) is 58.1 Å². The Hall–Kier alpha value is -2.90. The van der Waals surface area contributed by atoms with E-state index in [4.69, 9.17) is 9.47 Å². The number of nitro groups is 1. The lowest BCUT2D eigenvalue weighted by molar-refractivity contribution is -0.385. The second-order valence-electron chi connectivity index (χ2n) is 6.57. The molecule has 2 rings (SSSR count). The summed E-state index contributed by atoms with van der Waals surface area (Å²) >= 11 is 0. The van der Waals surface area contributed by atoms with Crippen LogP contribution in [0.3, 0.4) is 0 Å². The number of allylic oxidation sites excluding steroid dienone is 1. The Balaban J connectivity index is 1.90. The van der Waals surface area contributed by atoms with Crippen molar-refractivity contribution in [1.29, 1.82) is 0 Å². The van der Waals surface area contributed by atoms with E-state index < -0.39 is 22.9 Å². The molecule has 0 radical (unpaired) electrons. The molecule has 1 aromatic rings. The maximum atomic E-state index is 12.2. The van der Waals surface area contributed by atoms with E-state index in [0.717, 1.165) is 25.3 Å². The molecule has 8 heteroatoms. The molecule has 28 heavy (non-hydrogen) atoms. The Morgan fingerprint density at radius 1 is 1.32 bits per heavy atom. The first-order valence-corrected chi connectivity index (χ1v) is 9.50. The molecule has 0 bridgehead atoms. The fourth-order valence-electron chi connectivity index (χ4n) is 2.97. The Bertz CT molecular complexity index is 759. The third-order valence-electron chi connectivity index (χ3n) is 4.47. The number of nitrogens with one attached hydrogen (secondary N) is 1. The number of rotatable bonds is 9. The van der Waals surface area contributed by atoms with Gasteiger partial charge in [-0.3, -0.25) is 14.9 Å². The number of hydrogen-bond donors (Lipinski definition) is 1. The molecule has 0 spiro atoms. The van der Waals surface area contributed by atoms with Gasteiger partial charge in [-0.1, -0.05) is 11.6 Å². The van der Waals surface area contributed by atoms with E-state index in [1.165, 1.54) is 37.5 Å². The number of carbonyl (C=O) groups is 2. The van der Waals surface area contributed by atoms with Gasteiger partial charge in [0.2, 0.25) is 0 Å². The molecule has 8 nitrogen and oxygen atoms in total. The topological polar surface area (TPSA) is 108 Å². The van der Waals surface area contributed by atoms with Crippen molar-refractivity contribution in [2.24, 2.45) is 0 Å². The number of esters is 1. The Morgan fingerprint density at radius 3 is 2.75 bits per heavy atom. The summed E-state index contributed by atoms with van der Waals surface area (Å²) < 4.78 is 10.3. The van der Waals surface area contributed by atoms with Crippen LogP contribution in [0.1, 0.15) is 56.3 Å². The Labute approximate surface area is 164 Å². The standard InChI is InChI=1S/C20H26N2O6/c1-3-27-18-10-9-16(13-17(18)22(25)26)20(24)28-14(2)19(23)21-12-11-15-7-5-4-6-8-15/h7,9-10,13-14H,3-6,8,11-12H2,1-2H3,(H,21,23)/t14-/m1/s1. The average Bonchev–Trinajstić information content (AvgIpc) is 2.69. The second-order valence-corrected chi connectivity index (χ2v) is 6.57. The summed E-state index contributed by atoms with van der Waals surface area (Å²) in [5, 5.41) is 13.9. The van der Waals surface area contributed by atoms with Crippen molar-refractivity contribution >= 4 is 17.6 Å². The van der Waals surface area contributed by atoms with E-state index in [2.05, 4.69) is 11.4 Å². The molecule has 0 saturated heterocycles. The third kappa shape index (κ3) is 6.07. The zero-order valence-corrected chi connectivity index (χ0v) is 16.2. The number of carbonyl (C=O) groups excluding carboxylic acids is 2. The van der Waals surface area contributed by atoms with Crippen LogP contribution in [0, 0.1) is 10.1 Å². The smallest absolute Gasteiger partial charge is 0.339 e. The van der Waals surface area contributed by atoms with Gasteiger partial charge in [0.15, 0.2) is 11.9 Å². The van der Waals surface area contributed by atoms with Gasteiger partial charge in [-0.15, -0.1) is 0 Å². The van der Waals surface area contributed by atoms with Gasteiger partial charge in [0, 0.05) is 12.6 Å². The van der Waals surface area contributed by atoms with E-state index in [0.29, 0.717) is 6.54 Å². The fourth-order valence-corrected chi connectivity index (χ4v) is 2.97. The lowest BCUT2D eigenvalue weighted by Crippen LogP contribution is -2.36. The summed E-state index contributed by atoms with van der Waals surface area (Å²) in [6.07, 6.45) is 6.56. The van der Waals surface area contributed by atoms with E-state index in [1.807, 2.05) is 0 Å². The average molecular weight is 390 g/mol. The van der Waals surface area contributed by atoms with Gasteiger partial charge in [-0.25, -0.2) is 4.79 Å². The molecule has 0 heterocycles. The molecule has 0 saturated carbocycles. The highest BCUT2D eigenvalue weighted by Gasteiger charge is 2.23. The van der Waals surface area contributed by atoms with Crippen LogP contribution in [-0.2, 0) is 9.53 Å². The van der Waals surface area contributed by atoms with E-state index in [-0.39, 0.29) is 23.6 Å². The van der Waals surface area contributed by atoms with Crippen molar-refractivity contribution in [3.05, 3.63) is 45.5 Å². The molecule has 1 atom stereocenters. The van der Waals surface area contributed by atoms with Gasteiger partial charge in [-0.2, -0.15) is 0 Å². The molecule has 1 amide bonds. The summed E-state index contributed by atoms with van der Waals surface area (Å²) in [4.78, 5) is 34.9. The normalized spacial score (nSPS) is 14.6. The number of nitro benzene ring substituents is 1. The molecule has 1 aliphatic carbocycles. The summed E-state index contributed by atoms with van der Waals surface area (Å²) in [7, 11) is 0. The number of ether oxygens (including phenoxy) is 2. The molecule has 0 aliphatic heterocycles. The molecular formula is C20H26N2O6. The Kier molecular flexibility index (Phi) is 7.98. The van der Waals surface area contributed by atoms with Gasteiger partial charge < -0.3 is 14.8 Å². The van der Waals surface area contributed by atoms with Gasteiger partial charge >= 0.3 is 11.7 Å². The predicted molar refractivity (Wildman–Crippen MR) is 103 cm³/mol. The van der Waals surface area contributed by atoms with Crippen LogP contribution in [-0.4, -0.2) is 36.1 Å². The van der Waals surface area contributed by atoms with Gasteiger partial charge in [0.1, 0.15) is 0 Å². The van der Waals surface area contributed by atoms with Crippen molar-refractivity contribution in [3.63, 3.8) is 0 Å². The van der Waals surface area contributed by atoms with E-state index in [9.17, 15) is 19.7 Å². The minimum Gasteiger partial charge on any atom is -0.487 e. The summed E-state index contributed by atoms with van der Waals surface area (Å²) in [5.41, 5.74) is 1.01. The number of nitrogens with zero attached hydrogens (tertiary/aromatic N) is 1. The van der Waals surface area contributed by atoms with Crippen molar-refractivity contribution in [2.45, 2.75) is 52.1 Å². The van der Waals surface area contributed by atoms with Crippen LogP contribution in [0.4, 0.5) is 5.69 Å². The highest BCUT2D eigenvalue weighted by atomic mass is 16.6. The first-order valence-electron chi connectivity index (χ1n) is 9.50. The van der Waals surface area contributed by atoms with Crippen molar-refractivity contribution < 1.29 is 24.0 Å². The molecule has 1 aliphatic rings. The van der Waals surface area contributed by atoms with Crippen molar-refractivity contribution in [3.8, 4) is 5.75 Å². The number of hydrogen-bond acceptors (Lipinski definition) is 6. The van der Waals surface area contributed by atoms with Gasteiger partial charge in [0.25, 0.3) is 5.91 Å². The largest absolute Gasteiger partial charge is 0.487 e. The quantitative estimate of drug-likeness (QED) is 0.299. The first-order chi connectivity index (χ1) is 13.4. The first kappa shape index (κ1) is 21.4. The molecule has 0 unspecified atom stereocenters. The predicted octanol–water partition coefficient (Wildman–Crippen LogP) is 3.55. The van der Waals surface area contributed by atoms with Crippen LogP contribution in [0.25, 0.3) is 0 Å². The minimum atomic E-state index is -1.00. The van der Waals surface area contributed by atoms with E-state index >= 15 is 0 Å². The lowest BCUT2D eigenvalue weighted by atomic mass is 9.97. The maximum Gasteiger partial charge on any atom is 0.339 e. The highest BCUT2D eigenvalue weighted by molar-refractivity contribution is 5.93. The monoisotopic (exact) mass is 390 g/mol. The zero-order valence-electron chi connectivity index (χ0n) is 16.2. The Morgan fingerprint density at radius 2 is 2.11 bits per heavy atom. The highest BCUT2D eigenvalue weighted by Crippen LogP contribution is 2.28. The summed E-state index contributed by atoms with van der Waals surface area (Å²) in [6.45, 7) is 3.92. The number of amides is 1. The SMILES string of the molecule is CCOc1ccc(C(=O)O[C@H](C)C(=O)NCCC2=CCCCC2)cc1[N+](=O)[O-]. The third-order valence-corrected chi connectivity index (χ3v) is 4.47. The van der Waals surface area contributed by atoms with E-state index in [1.54, 1.807) is 6.92 Å². The second kappa shape index (κ2) is 10.4. The molecule has 1 N–H and O–H groups in total. The van der Waals surface area contributed by atoms with Crippen LogP contribution in [0.15, 0.2) is 29.8 Å². The molecule has 0 aromatic heterocycles. The van der Waals surface area contributed by atoms with Crippen LogP contribution < -0.4 is 10.1 Å². The van der Waals surface area contributed by atoms with Crippen LogP contribution in [0.5, 0.6) is 5.75 Å². The van der Waals surface area contributed by atoms with Crippen molar-refractivity contribution in [1.82, 2.24) is 5.32 Å². The summed E-state index contributed by atoms with van der Waals surface area (Å²) in [5.74, 6) is -1.12. The van der Waals surface area contributed by atoms with Gasteiger partial charge in [0.05, 0.1) is 17.1 Å². The number of benzene rings is 1. The molecule has 1 aromatic carbocycles. The minimum absolute atomic E-state index is 0.0119. The van der Waals surface area contributed by atoms with Crippen LogP contribution >= 0.6 is 0 Å². The fraction of sp³-hybridized carbons (Fsp3) is 0.500. The molecule has 152 valence electrons.